The summed E-state index contributed by atoms with van der Waals surface area (Å²) in [6.07, 6.45) is 1.05. The molecule has 1 heterocycles. The van der Waals surface area contributed by atoms with Gasteiger partial charge in [-0.2, -0.15) is 5.10 Å². The van der Waals surface area contributed by atoms with Crippen molar-refractivity contribution in [1.29, 1.82) is 0 Å². The lowest BCUT2D eigenvalue weighted by Crippen LogP contribution is -2.16. The van der Waals surface area contributed by atoms with E-state index in [0.29, 0.717) is 0 Å². The highest BCUT2D eigenvalue weighted by molar-refractivity contribution is 5.27. The van der Waals surface area contributed by atoms with Crippen molar-refractivity contribution in [2.24, 2.45) is 0 Å². The summed E-state index contributed by atoms with van der Waals surface area (Å²) in [5.74, 6) is 0. The minimum atomic E-state index is 0.855. The highest BCUT2D eigenvalue weighted by Gasteiger charge is 2.11. The quantitative estimate of drug-likeness (QED) is 0.819. The molecule has 0 amide bonds. The smallest absolute Gasteiger partial charge is 0.0662 e. The summed E-state index contributed by atoms with van der Waals surface area (Å²) in [7, 11) is 0. The second kappa shape index (κ2) is 6.71. The van der Waals surface area contributed by atoms with Crippen LogP contribution in [0.15, 0.2) is 24.3 Å². The molecule has 3 heteroatoms. The SMILES string of the molecule is CCNCCc1c(C)nn(Cc2ccc(C)cc2)c1C. The molecule has 1 aromatic heterocycles. The van der Waals surface area contributed by atoms with E-state index in [1.54, 1.807) is 0 Å². The van der Waals surface area contributed by atoms with Gasteiger partial charge in [-0.3, -0.25) is 4.68 Å². The maximum absolute atomic E-state index is 4.70. The summed E-state index contributed by atoms with van der Waals surface area (Å²) >= 11 is 0. The molecule has 2 aromatic rings. The predicted molar refractivity (Wildman–Crippen MR) is 84.2 cm³/mol. The van der Waals surface area contributed by atoms with Crippen LogP contribution in [0.25, 0.3) is 0 Å². The van der Waals surface area contributed by atoms with Crippen LogP contribution in [0.3, 0.4) is 0 Å². The summed E-state index contributed by atoms with van der Waals surface area (Å²) < 4.78 is 2.13. The molecule has 0 atom stereocenters. The fourth-order valence-electron chi connectivity index (χ4n) is 2.51. The van der Waals surface area contributed by atoms with Crippen LogP contribution in [0.5, 0.6) is 0 Å². The van der Waals surface area contributed by atoms with Gasteiger partial charge in [0, 0.05) is 5.69 Å². The number of likely N-dealkylation sites (N-methyl/N-ethyl adjacent to an activating group) is 1. The Kier molecular flexibility index (Phi) is 4.96. The molecule has 20 heavy (non-hydrogen) atoms. The van der Waals surface area contributed by atoms with Crippen molar-refractivity contribution in [2.75, 3.05) is 13.1 Å². The van der Waals surface area contributed by atoms with Gasteiger partial charge in [-0.1, -0.05) is 36.8 Å². The monoisotopic (exact) mass is 271 g/mol. The van der Waals surface area contributed by atoms with Gasteiger partial charge in [0.15, 0.2) is 0 Å². The molecule has 0 spiro atoms. The lowest BCUT2D eigenvalue weighted by atomic mass is 10.1. The zero-order valence-corrected chi connectivity index (χ0v) is 13.0. The van der Waals surface area contributed by atoms with Crippen LogP contribution in [0, 0.1) is 20.8 Å². The molecule has 0 saturated heterocycles. The lowest BCUT2D eigenvalue weighted by molar-refractivity contribution is 0.656. The zero-order valence-electron chi connectivity index (χ0n) is 13.0. The van der Waals surface area contributed by atoms with Gasteiger partial charge < -0.3 is 5.32 Å². The first-order valence-corrected chi connectivity index (χ1v) is 7.41. The largest absolute Gasteiger partial charge is 0.317 e. The summed E-state index contributed by atoms with van der Waals surface area (Å²) in [4.78, 5) is 0. The Labute approximate surface area is 122 Å². The number of aromatic nitrogens is 2. The molecule has 108 valence electrons. The number of nitrogens with zero attached hydrogens (tertiary/aromatic N) is 2. The maximum atomic E-state index is 4.70. The van der Waals surface area contributed by atoms with Crippen LogP contribution >= 0.6 is 0 Å². The standard InChI is InChI=1S/C17H25N3/c1-5-18-11-10-17-14(3)19-20(15(17)4)12-16-8-6-13(2)7-9-16/h6-9,18H,5,10-12H2,1-4H3. The van der Waals surface area contributed by atoms with E-state index in [1.165, 1.54) is 22.4 Å². The van der Waals surface area contributed by atoms with Crippen LogP contribution in [0.1, 0.15) is 35.0 Å². The van der Waals surface area contributed by atoms with Crippen molar-refractivity contribution < 1.29 is 0 Å². The van der Waals surface area contributed by atoms with Crippen molar-refractivity contribution in [2.45, 2.75) is 40.7 Å². The Morgan fingerprint density at radius 1 is 1.10 bits per heavy atom. The molecule has 2 rings (SSSR count). The van der Waals surface area contributed by atoms with Crippen LogP contribution < -0.4 is 5.32 Å². The van der Waals surface area contributed by atoms with Crippen LogP contribution in [-0.2, 0) is 13.0 Å². The van der Waals surface area contributed by atoms with E-state index in [9.17, 15) is 0 Å². The van der Waals surface area contributed by atoms with Gasteiger partial charge in [0.25, 0.3) is 0 Å². The van der Waals surface area contributed by atoms with Crippen LogP contribution in [0.4, 0.5) is 0 Å². The Bertz CT molecular complexity index is 552. The third-order valence-electron chi connectivity index (χ3n) is 3.79. The Hall–Kier alpha value is -1.61. The van der Waals surface area contributed by atoms with Crippen molar-refractivity contribution in [3.8, 4) is 0 Å². The second-order valence-corrected chi connectivity index (χ2v) is 5.40. The molecule has 0 unspecified atom stereocenters. The number of benzene rings is 1. The van der Waals surface area contributed by atoms with E-state index in [2.05, 4.69) is 62.0 Å². The third-order valence-corrected chi connectivity index (χ3v) is 3.79. The van der Waals surface area contributed by atoms with E-state index in [4.69, 9.17) is 5.10 Å². The van der Waals surface area contributed by atoms with Gasteiger partial charge in [0.2, 0.25) is 0 Å². The van der Waals surface area contributed by atoms with Gasteiger partial charge in [0.1, 0.15) is 0 Å². The molecule has 0 aliphatic rings. The lowest BCUT2D eigenvalue weighted by Gasteiger charge is -2.06. The van der Waals surface area contributed by atoms with E-state index in [-0.39, 0.29) is 0 Å². The average molecular weight is 271 g/mol. The van der Waals surface area contributed by atoms with Crippen molar-refractivity contribution in [3.05, 3.63) is 52.3 Å². The van der Waals surface area contributed by atoms with Crippen LogP contribution in [-0.4, -0.2) is 22.9 Å². The molecule has 0 fully saturated rings. The highest BCUT2D eigenvalue weighted by Crippen LogP contribution is 2.15. The molecule has 0 bridgehead atoms. The average Bonchev–Trinajstić information content (AvgIpc) is 2.69. The van der Waals surface area contributed by atoms with Gasteiger partial charge in [-0.25, -0.2) is 0 Å². The third kappa shape index (κ3) is 3.48. The molecule has 0 saturated carbocycles. The Morgan fingerprint density at radius 2 is 1.80 bits per heavy atom. The molecular formula is C17H25N3. The molecule has 0 aliphatic heterocycles. The van der Waals surface area contributed by atoms with Gasteiger partial charge >= 0.3 is 0 Å². The number of nitrogens with one attached hydrogen (secondary N) is 1. The minimum Gasteiger partial charge on any atom is -0.317 e. The number of hydrogen-bond donors (Lipinski definition) is 1. The van der Waals surface area contributed by atoms with Crippen molar-refractivity contribution in [3.63, 3.8) is 0 Å². The summed E-state index contributed by atoms with van der Waals surface area (Å²) in [6, 6.07) is 8.69. The van der Waals surface area contributed by atoms with Gasteiger partial charge in [0.05, 0.1) is 12.2 Å². The fraction of sp³-hybridized carbons (Fsp3) is 0.471. The van der Waals surface area contributed by atoms with Gasteiger partial charge in [-0.05, 0) is 51.4 Å². The normalized spacial score (nSPS) is 11.0. The first-order valence-electron chi connectivity index (χ1n) is 7.41. The van der Waals surface area contributed by atoms with Crippen LogP contribution in [0.2, 0.25) is 0 Å². The van der Waals surface area contributed by atoms with Crippen molar-refractivity contribution in [1.82, 2.24) is 15.1 Å². The number of rotatable bonds is 6. The first kappa shape index (κ1) is 14.8. The van der Waals surface area contributed by atoms with E-state index >= 15 is 0 Å². The van der Waals surface area contributed by atoms with E-state index in [1.807, 2.05) is 0 Å². The number of aryl methyl sites for hydroxylation is 2. The molecule has 3 nitrogen and oxygen atoms in total. The fourth-order valence-corrected chi connectivity index (χ4v) is 2.51. The molecule has 0 radical (unpaired) electrons. The first-order chi connectivity index (χ1) is 9.61. The second-order valence-electron chi connectivity index (χ2n) is 5.40. The molecule has 1 N–H and O–H groups in total. The topological polar surface area (TPSA) is 29.9 Å². The molecule has 1 aromatic carbocycles. The van der Waals surface area contributed by atoms with E-state index in [0.717, 1.165) is 31.7 Å². The van der Waals surface area contributed by atoms with Crippen molar-refractivity contribution >= 4 is 0 Å². The summed E-state index contributed by atoms with van der Waals surface area (Å²) in [6.45, 7) is 11.4. The maximum Gasteiger partial charge on any atom is 0.0662 e. The summed E-state index contributed by atoms with van der Waals surface area (Å²) in [5, 5.41) is 8.07. The molecular weight excluding hydrogens is 246 g/mol. The Balaban J connectivity index is 2.12. The summed E-state index contributed by atoms with van der Waals surface area (Å²) in [5.41, 5.74) is 6.44. The molecule has 0 aliphatic carbocycles. The van der Waals surface area contributed by atoms with E-state index < -0.39 is 0 Å². The Morgan fingerprint density at radius 3 is 2.45 bits per heavy atom. The predicted octanol–water partition coefficient (Wildman–Crippen LogP) is 3.01. The zero-order chi connectivity index (χ0) is 14.5. The van der Waals surface area contributed by atoms with Gasteiger partial charge in [-0.15, -0.1) is 0 Å². The highest BCUT2D eigenvalue weighted by atomic mass is 15.3. The number of hydrogen-bond acceptors (Lipinski definition) is 2. The minimum absolute atomic E-state index is 0.855.